The molecule has 1 saturated carbocycles. The summed E-state index contributed by atoms with van der Waals surface area (Å²) < 4.78 is 4.78. The zero-order chi connectivity index (χ0) is 11.5. The van der Waals surface area contributed by atoms with Gasteiger partial charge in [0.05, 0.1) is 6.61 Å². The van der Waals surface area contributed by atoms with Gasteiger partial charge in [-0.2, -0.15) is 0 Å². The lowest BCUT2D eigenvalue weighted by Crippen LogP contribution is -2.30. The Bertz CT molecular complexity index is 262. The molecular weight excluding hydrogens is 198 g/mol. The lowest BCUT2D eigenvalue weighted by Gasteiger charge is -2.06. The molecule has 5 nitrogen and oxygen atoms in total. The number of aliphatic carboxylic acids is 1. The van der Waals surface area contributed by atoms with E-state index >= 15 is 0 Å². The van der Waals surface area contributed by atoms with E-state index in [1.165, 1.54) is 0 Å². The Labute approximate surface area is 88.8 Å². The van der Waals surface area contributed by atoms with Crippen molar-refractivity contribution in [3.8, 4) is 0 Å². The molecule has 1 atom stereocenters. The minimum atomic E-state index is -0.996. The number of amides is 1. The van der Waals surface area contributed by atoms with Crippen LogP contribution in [0.5, 0.6) is 0 Å². The predicted octanol–water partition coefficient (Wildman–Crippen LogP) is 0.250. The van der Waals surface area contributed by atoms with E-state index in [1.807, 2.05) is 0 Å². The highest BCUT2D eigenvalue weighted by Crippen LogP contribution is 2.51. The number of hydrogen-bond donors (Lipinski definition) is 2. The van der Waals surface area contributed by atoms with Crippen molar-refractivity contribution in [2.75, 3.05) is 19.8 Å². The van der Waals surface area contributed by atoms with Crippen molar-refractivity contribution >= 4 is 11.9 Å². The van der Waals surface area contributed by atoms with Gasteiger partial charge in [0.1, 0.15) is 6.61 Å². The highest BCUT2D eigenvalue weighted by Gasteiger charge is 2.50. The molecule has 1 rings (SSSR count). The summed E-state index contributed by atoms with van der Waals surface area (Å²) in [6.07, 6.45) is 0.925. The number of carboxylic acids is 1. The molecule has 0 heterocycles. The van der Waals surface area contributed by atoms with Crippen molar-refractivity contribution in [3.63, 3.8) is 0 Å². The molecule has 1 unspecified atom stereocenters. The zero-order valence-electron chi connectivity index (χ0n) is 9.08. The van der Waals surface area contributed by atoms with Crippen LogP contribution in [0.4, 0.5) is 0 Å². The van der Waals surface area contributed by atoms with Crippen LogP contribution in [0.2, 0.25) is 0 Å². The van der Waals surface area contributed by atoms with Gasteiger partial charge in [-0.3, -0.25) is 4.79 Å². The monoisotopic (exact) mass is 215 g/mol. The summed E-state index contributed by atoms with van der Waals surface area (Å²) in [5.74, 6) is -0.847. The van der Waals surface area contributed by atoms with Gasteiger partial charge in [0.25, 0.3) is 0 Å². The Hall–Kier alpha value is -1.10. The normalized spacial score (nSPS) is 22.1. The van der Waals surface area contributed by atoms with E-state index in [4.69, 9.17) is 9.84 Å². The van der Waals surface area contributed by atoms with Crippen LogP contribution in [0.25, 0.3) is 0 Å². The summed E-state index contributed by atoms with van der Waals surface area (Å²) in [4.78, 5) is 21.5. The second-order valence-electron chi connectivity index (χ2n) is 4.48. The molecule has 0 aromatic carbocycles. The Balaban J connectivity index is 2.01. The first-order chi connectivity index (χ1) is 6.93. The van der Waals surface area contributed by atoms with Gasteiger partial charge in [-0.1, -0.05) is 13.8 Å². The summed E-state index contributed by atoms with van der Waals surface area (Å²) in [5.41, 5.74) is 0.131. The molecule has 1 aliphatic rings. The fourth-order valence-corrected chi connectivity index (χ4v) is 1.44. The number of rotatable bonds is 6. The second kappa shape index (κ2) is 4.61. The van der Waals surface area contributed by atoms with E-state index in [9.17, 15) is 9.59 Å². The topological polar surface area (TPSA) is 75.6 Å². The third-order valence-corrected chi connectivity index (χ3v) is 2.60. The number of carbonyl (C=O) groups excluding carboxylic acids is 1. The van der Waals surface area contributed by atoms with Crippen LogP contribution < -0.4 is 5.32 Å². The summed E-state index contributed by atoms with van der Waals surface area (Å²) >= 11 is 0. The quantitative estimate of drug-likeness (QED) is 0.623. The number of carbonyl (C=O) groups is 2. The third kappa shape index (κ3) is 3.87. The van der Waals surface area contributed by atoms with Crippen LogP contribution in [0.1, 0.15) is 20.3 Å². The molecule has 0 aromatic heterocycles. The van der Waals surface area contributed by atoms with E-state index < -0.39 is 5.97 Å². The largest absolute Gasteiger partial charge is 0.480 e. The van der Waals surface area contributed by atoms with Gasteiger partial charge < -0.3 is 15.2 Å². The Morgan fingerprint density at radius 3 is 2.60 bits per heavy atom. The molecule has 2 N–H and O–H groups in total. The maximum atomic E-state index is 11.4. The van der Waals surface area contributed by atoms with Crippen LogP contribution in [0.15, 0.2) is 0 Å². The van der Waals surface area contributed by atoms with Gasteiger partial charge in [0.2, 0.25) is 5.91 Å². The van der Waals surface area contributed by atoms with E-state index in [1.54, 1.807) is 0 Å². The molecule has 86 valence electrons. The molecule has 15 heavy (non-hydrogen) atoms. The van der Waals surface area contributed by atoms with Gasteiger partial charge in [-0.05, 0) is 11.8 Å². The lowest BCUT2D eigenvalue weighted by atomic mass is 10.1. The Morgan fingerprint density at radius 1 is 1.53 bits per heavy atom. The second-order valence-corrected chi connectivity index (χ2v) is 4.48. The van der Waals surface area contributed by atoms with E-state index in [2.05, 4.69) is 19.2 Å². The highest BCUT2D eigenvalue weighted by molar-refractivity contribution is 5.82. The SMILES string of the molecule is CC1(C)CC1C(=O)NCCOCC(=O)O. The molecule has 0 radical (unpaired) electrons. The summed E-state index contributed by atoms with van der Waals surface area (Å²) in [6.45, 7) is 4.41. The van der Waals surface area contributed by atoms with Crippen LogP contribution >= 0.6 is 0 Å². The van der Waals surface area contributed by atoms with Crippen molar-refractivity contribution in [1.29, 1.82) is 0 Å². The Morgan fingerprint density at radius 2 is 2.13 bits per heavy atom. The first-order valence-corrected chi connectivity index (χ1v) is 5.01. The van der Waals surface area contributed by atoms with Gasteiger partial charge in [0.15, 0.2) is 0 Å². The highest BCUT2D eigenvalue weighted by atomic mass is 16.5. The summed E-state index contributed by atoms with van der Waals surface area (Å²) in [5, 5.41) is 11.0. The number of ether oxygens (including phenoxy) is 1. The zero-order valence-corrected chi connectivity index (χ0v) is 9.08. The van der Waals surface area contributed by atoms with Gasteiger partial charge in [-0.15, -0.1) is 0 Å². The standard InChI is InChI=1S/C10H17NO4/c1-10(2)5-7(10)9(14)11-3-4-15-6-8(12)13/h7H,3-6H2,1-2H3,(H,11,14)(H,12,13). The van der Waals surface area contributed by atoms with Crippen molar-refractivity contribution < 1.29 is 19.4 Å². The fraction of sp³-hybridized carbons (Fsp3) is 0.800. The molecule has 0 aromatic rings. The molecule has 0 aliphatic heterocycles. The molecule has 0 bridgehead atoms. The van der Waals surface area contributed by atoms with E-state index in [0.29, 0.717) is 6.54 Å². The number of carboxylic acid groups (broad SMARTS) is 1. The van der Waals surface area contributed by atoms with Crippen LogP contribution in [-0.2, 0) is 14.3 Å². The average molecular weight is 215 g/mol. The predicted molar refractivity (Wildman–Crippen MR) is 53.4 cm³/mol. The van der Waals surface area contributed by atoms with Crippen molar-refractivity contribution in [3.05, 3.63) is 0 Å². The number of hydrogen-bond acceptors (Lipinski definition) is 3. The molecule has 1 aliphatic carbocycles. The third-order valence-electron chi connectivity index (χ3n) is 2.60. The number of nitrogens with one attached hydrogen (secondary N) is 1. The minimum absolute atomic E-state index is 0.0407. The maximum Gasteiger partial charge on any atom is 0.329 e. The average Bonchev–Trinajstić information content (AvgIpc) is 2.74. The van der Waals surface area contributed by atoms with Crippen molar-refractivity contribution in [2.45, 2.75) is 20.3 Å². The fourth-order valence-electron chi connectivity index (χ4n) is 1.44. The minimum Gasteiger partial charge on any atom is -0.480 e. The molecule has 1 fully saturated rings. The van der Waals surface area contributed by atoms with Crippen LogP contribution in [0.3, 0.4) is 0 Å². The molecule has 5 heteroatoms. The van der Waals surface area contributed by atoms with Crippen molar-refractivity contribution in [2.24, 2.45) is 11.3 Å². The van der Waals surface area contributed by atoms with Gasteiger partial charge in [-0.25, -0.2) is 4.79 Å². The van der Waals surface area contributed by atoms with Gasteiger partial charge >= 0.3 is 5.97 Å². The van der Waals surface area contributed by atoms with Crippen LogP contribution in [-0.4, -0.2) is 36.7 Å². The molecular formula is C10H17NO4. The van der Waals surface area contributed by atoms with Gasteiger partial charge in [0, 0.05) is 12.5 Å². The van der Waals surface area contributed by atoms with Crippen molar-refractivity contribution in [1.82, 2.24) is 5.32 Å². The molecule has 0 saturated heterocycles. The van der Waals surface area contributed by atoms with E-state index in [-0.39, 0.29) is 30.5 Å². The maximum absolute atomic E-state index is 11.4. The Kier molecular flexibility index (Phi) is 3.68. The molecule has 0 spiro atoms. The van der Waals surface area contributed by atoms with E-state index in [0.717, 1.165) is 6.42 Å². The smallest absolute Gasteiger partial charge is 0.329 e. The first-order valence-electron chi connectivity index (χ1n) is 5.01. The summed E-state index contributed by atoms with van der Waals surface area (Å²) in [7, 11) is 0. The molecule has 1 amide bonds. The van der Waals surface area contributed by atoms with Crippen LogP contribution in [0, 0.1) is 11.3 Å². The summed E-state index contributed by atoms with van der Waals surface area (Å²) in [6, 6.07) is 0. The first kappa shape index (κ1) is 12.0. The lowest BCUT2D eigenvalue weighted by molar-refractivity contribution is -0.142.